The smallest absolute Gasteiger partial charge is 0.316 e. The van der Waals surface area contributed by atoms with Gasteiger partial charge in [-0.2, -0.15) is 5.26 Å². The second-order valence-electron chi connectivity index (χ2n) is 7.39. The molecule has 10 nitrogen and oxygen atoms in total. The number of methoxy groups -OCH3 is 1. The molecular formula is C23H17FN8O2. The Labute approximate surface area is 192 Å². The molecule has 5 rings (SSSR count). The number of nitrogens with two attached hydrogens (primary N) is 1. The van der Waals surface area contributed by atoms with E-state index in [0.717, 1.165) is 0 Å². The van der Waals surface area contributed by atoms with Crippen molar-refractivity contribution in [3.8, 4) is 34.5 Å². The zero-order chi connectivity index (χ0) is 23.8. The minimum atomic E-state index is -0.535. The summed E-state index contributed by atoms with van der Waals surface area (Å²) in [5.74, 6) is 0.186. The first-order valence-corrected chi connectivity index (χ1v) is 10.2. The van der Waals surface area contributed by atoms with Crippen molar-refractivity contribution in [2.45, 2.75) is 13.0 Å². The van der Waals surface area contributed by atoms with Crippen LogP contribution in [0.2, 0.25) is 0 Å². The van der Waals surface area contributed by atoms with Gasteiger partial charge in [0.2, 0.25) is 0 Å². The number of fused-ring (bicyclic) bond motifs is 1. The Kier molecular flexibility index (Phi) is 5.10. The maximum absolute atomic E-state index is 14.2. The minimum absolute atomic E-state index is 0.186. The topological polar surface area (TPSA) is 142 Å². The average Bonchev–Trinajstić information content (AvgIpc) is 3.48. The molecule has 0 aliphatic carbocycles. The molecule has 0 bridgehead atoms. The molecule has 0 spiro atoms. The Balaban J connectivity index is 1.69. The van der Waals surface area contributed by atoms with Crippen LogP contribution < -0.4 is 10.5 Å². The number of ether oxygens (including phenoxy) is 1. The maximum Gasteiger partial charge on any atom is 0.316 e. The van der Waals surface area contributed by atoms with Gasteiger partial charge in [0, 0.05) is 35.2 Å². The van der Waals surface area contributed by atoms with Gasteiger partial charge in [-0.25, -0.2) is 24.3 Å². The third-order valence-electron chi connectivity index (χ3n) is 5.50. The molecule has 0 radical (unpaired) electrons. The van der Waals surface area contributed by atoms with E-state index in [9.17, 15) is 9.65 Å². The minimum Gasteiger partial charge on any atom is -0.467 e. The lowest BCUT2D eigenvalue weighted by Crippen LogP contribution is -2.09. The maximum atomic E-state index is 14.2. The standard InChI is InChI=1S/C23H17FN8O2/c1-12(18-7-16(31-34-18)14-5-3-4-6-15(14)24)32-17(8-25)19(13-9-27-23(33-2)28-10-13)20-21(26)29-11-30-22(20)32/h3-7,9-12H,1-2H3,(H2,26,29,30). The lowest BCUT2D eigenvalue weighted by molar-refractivity contribution is 0.355. The number of hydrogen-bond acceptors (Lipinski definition) is 9. The van der Waals surface area contributed by atoms with E-state index in [-0.39, 0.29) is 17.5 Å². The van der Waals surface area contributed by atoms with Crippen LogP contribution in [0.4, 0.5) is 10.2 Å². The van der Waals surface area contributed by atoms with Crippen molar-refractivity contribution >= 4 is 16.9 Å². The van der Waals surface area contributed by atoms with Gasteiger partial charge in [-0.05, 0) is 19.1 Å². The van der Waals surface area contributed by atoms with Gasteiger partial charge in [0.15, 0.2) is 5.76 Å². The van der Waals surface area contributed by atoms with E-state index in [2.05, 4.69) is 31.2 Å². The number of benzene rings is 1. The lowest BCUT2D eigenvalue weighted by atomic mass is 10.1. The molecule has 0 saturated heterocycles. The van der Waals surface area contributed by atoms with E-state index in [1.165, 1.54) is 31.9 Å². The highest BCUT2D eigenvalue weighted by atomic mass is 19.1. The fourth-order valence-corrected chi connectivity index (χ4v) is 3.88. The Bertz CT molecular complexity index is 1550. The lowest BCUT2D eigenvalue weighted by Gasteiger charge is -2.13. The van der Waals surface area contributed by atoms with E-state index < -0.39 is 11.9 Å². The summed E-state index contributed by atoms with van der Waals surface area (Å²) in [7, 11) is 1.46. The molecule has 168 valence electrons. The van der Waals surface area contributed by atoms with Crippen LogP contribution in [0.3, 0.4) is 0 Å². The molecule has 4 aromatic heterocycles. The molecule has 0 aliphatic heterocycles. The number of aromatic nitrogens is 6. The molecule has 0 saturated carbocycles. The summed E-state index contributed by atoms with van der Waals surface area (Å²) in [5, 5.41) is 14.7. The van der Waals surface area contributed by atoms with Gasteiger partial charge < -0.3 is 19.6 Å². The number of anilines is 1. The summed E-state index contributed by atoms with van der Waals surface area (Å²) < 4.78 is 26.5. The second-order valence-corrected chi connectivity index (χ2v) is 7.39. The van der Waals surface area contributed by atoms with Crippen LogP contribution in [0.25, 0.3) is 33.4 Å². The highest BCUT2D eigenvalue weighted by Crippen LogP contribution is 2.39. The third kappa shape index (κ3) is 3.29. The van der Waals surface area contributed by atoms with Crippen LogP contribution >= 0.6 is 0 Å². The normalized spacial score (nSPS) is 11.9. The van der Waals surface area contributed by atoms with Crippen molar-refractivity contribution in [1.29, 1.82) is 5.26 Å². The average molecular weight is 456 g/mol. The zero-order valence-electron chi connectivity index (χ0n) is 18.1. The van der Waals surface area contributed by atoms with Crippen LogP contribution in [0.5, 0.6) is 6.01 Å². The molecule has 34 heavy (non-hydrogen) atoms. The fraction of sp³-hybridized carbons (Fsp3) is 0.130. The number of nitriles is 1. The third-order valence-corrected chi connectivity index (χ3v) is 5.50. The molecular weight excluding hydrogens is 439 g/mol. The highest BCUT2D eigenvalue weighted by Gasteiger charge is 2.28. The van der Waals surface area contributed by atoms with Gasteiger partial charge >= 0.3 is 6.01 Å². The number of nitrogen functional groups attached to an aromatic ring is 1. The van der Waals surface area contributed by atoms with Crippen LogP contribution in [0.15, 0.2) is 53.6 Å². The monoisotopic (exact) mass is 456 g/mol. The first-order valence-electron chi connectivity index (χ1n) is 10.2. The van der Waals surface area contributed by atoms with Crippen LogP contribution in [-0.4, -0.2) is 36.8 Å². The SMILES string of the molecule is COc1ncc(-c2c(C#N)n(C(C)c3cc(-c4ccccc4F)no3)c3ncnc(N)c23)cn1. The van der Waals surface area contributed by atoms with E-state index in [4.69, 9.17) is 15.0 Å². The van der Waals surface area contributed by atoms with Crippen molar-refractivity contribution in [2.75, 3.05) is 12.8 Å². The molecule has 0 fully saturated rings. The van der Waals surface area contributed by atoms with Crippen molar-refractivity contribution < 1.29 is 13.7 Å². The largest absolute Gasteiger partial charge is 0.467 e. The molecule has 5 aromatic rings. The van der Waals surface area contributed by atoms with E-state index in [1.807, 2.05) is 6.92 Å². The van der Waals surface area contributed by atoms with E-state index in [0.29, 0.717) is 39.2 Å². The van der Waals surface area contributed by atoms with Crippen molar-refractivity contribution in [2.24, 2.45) is 0 Å². The highest BCUT2D eigenvalue weighted by molar-refractivity contribution is 6.03. The Morgan fingerprint density at radius 1 is 1.18 bits per heavy atom. The molecule has 0 aliphatic rings. The summed E-state index contributed by atoms with van der Waals surface area (Å²) >= 11 is 0. The van der Waals surface area contributed by atoms with Crippen molar-refractivity contribution in [3.05, 3.63) is 66.3 Å². The first kappa shape index (κ1) is 21.0. The number of halogens is 1. The van der Waals surface area contributed by atoms with Gasteiger partial charge in [0.05, 0.1) is 18.5 Å². The van der Waals surface area contributed by atoms with Gasteiger partial charge in [-0.3, -0.25) is 0 Å². The Hall–Kier alpha value is -4.85. The summed E-state index contributed by atoms with van der Waals surface area (Å²) in [5.41, 5.74) is 8.56. The fourth-order valence-electron chi connectivity index (χ4n) is 3.88. The predicted molar refractivity (Wildman–Crippen MR) is 120 cm³/mol. The molecule has 1 aromatic carbocycles. The Morgan fingerprint density at radius 2 is 1.94 bits per heavy atom. The molecule has 0 amide bonds. The van der Waals surface area contributed by atoms with E-state index >= 15 is 0 Å². The summed E-state index contributed by atoms with van der Waals surface area (Å²) in [4.78, 5) is 16.8. The van der Waals surface area contributed by atoms with Gasteiger partial charge in [0.1, 0.15) is 41.1 Å². The predicted octanol–water partition coefficient (Wildman–Crippen LogP) is 3.75. The molecule has 1 unspecified atom stereocenters. The molecule has 11 heteroatoms. The van der Waals surface area contributed by atoms with Gasteiger partial charge in [0.25, 0.3) is 0 Å². The van der Waals surface area contributed by atoms with E-state index in [1.54, 1.807) is 28.8 Å². The van der Waals surface area contributed by atoms with Crippen molar-refractivity contribution in [1.82, 2.24) is 29.7 Å². The molecule has 1 atom stereocenters. The second kappa shape index (κ2) is 8.25. The zero-order valence-corrected chi connectivity index (χ0v) is 18.1. The van der Waals surface area contributed by atoms with Crippen LogP contribution in [0.1, 0.15) is 24.4 Å². The van der Waals surface area contributed by atoms with Crippen molar-refractivity contribution in [3.63, 3.8) is 0 Å². The number of rotatable bonds is 5. The number of hydrogen-bond donors (Lipinski definition) is 1. The Morgan fingerprint density at radius 3 is 2.65 bits per heavy atom. The van der Waals surface area contributed by atoms with Gasteiger partial charge in [-0.1, -0.05) is 17.3 Å². The van der Waals surface area contributed by atoms with Crippen LogP contribution in [-0.2, 0) is 0 Å². The number of nitrogens with zero attached hydrogens (tertiary/aromatic N) is 7. The van der Waals surface area contributed by atoms with Gasteiger partial charge in [-0.15, -0.1) is 0 Å². The van der Waals surface area contributed by atoms with Crippen LogP contribution in [0, 0.1) is 17.1 Å². The summed E-state index contributed by atoms with van der Waals surface area (Å²) in [6, 6.07) is 9.80. The summed E-state index contributed by atoms with van der Waals surface area (Å²) in [6.45, 7) is 1.82. The first-order chi connectivity index (χ1) is 16.5. The quantitative estimate of drug-likeness (QED) is 0.418. The summed E-state index contributed by atoms with van der Waals surface area (Å²) in [6.07, 6.45) is 4.39. The molecule has 4 heterocycles. The molecule has 2 N–H and O–H groups in total.